The lowest BCUT2D eigenvalue weighted by Gasteiger charge is -2.20. The molecule has 0 radical (unpaired) electrons. The van der Waals surface area contributed by atoms with Gasteiger partial charge in [0.25, 0.3) is 5.91 Å². The predicted molar refractivity (Wildman–Crippen MR) is 76.7 cm³/mol. The highest BCUT2D eigenvalue weighted by molar-refractivity contribution is 6.22. The molecule has 112 valence electrons. The van der Waals surface area contributed by atoms with E-state index in [4.69, 9.17) is 4.74 Å². The van der Waals surface area contributed by atoms with E-state index in [1.54, 1.807) is 24.3 Å². The number of amides is 2. The molecule has 1 atom stereocenters. The number of nitrogens with zero attached hydrogens (tertiary/aromatic N) is 3. The van der Waals surface area contributed by atoms with Crippen LogP contribution >= 0.6 is 0 Å². The zero-order valence-corrected chi connectivity index (χ0v) is 12.0. The van der Waals surface area contributed by atoms with Gasteiger partial charge in [0, 0.05) is 6.54 Å². The maximum Gasteiger partial charge on any atom is 0.258 e. The molecule has 7 nitrogen and oxygen atoms in total. The van der Waals surface area contributed by atoms with Crippen molar-refractivity contribution < 1.29 is 14.3 Å². The topological polar surface area (TPSA) is 79.3 Å². The highest BCUT2D eigenvalue weighted by Gasteiger charge is 2.43. The van der Waals surface area contributed by atoms with Crippen LogP contribution in [0.1, 0.15) is 19.8 Å². The number of anilines is 1. The Morgan fingerprint density at radius 3 is 2.52 bits per heavy atom. The Morgan fingerprint density at radius 1 is 1.33 bits per heavy atom. The van der Waals surface area contributed by atoms with Crippen molar-refractivity contribution in [2.75, 3.05) is 18.6 Å². The van der Waals surface area contributed by atoms with Crippen molar-refractivity contribution in [3.8, 4) is 5.75 Å². The molecular weight excluding hydrogens is 274 g/mol. The van der Waals surface area contributed by atoms with Gasteiger partial charge in [-0.1, -0.05) is 6.92 Å². The number of carbonyl (C=O) groups excluding carboxylic acids is 2. The van der Waals surface area contributed by atoms with E-state index in [1.165, 1.54) is 7.11 Å². The Morgan fingerprint density at radius 2 is 2.00 bits per heavy atom. The number of rotatable bonds is 6. The number of carbonyl (C=O) groups is 2. The second-order valence-corrected chi connectivity index (χ2v) is 4.73. The molecule has 1 aromatic carbocycles. The number of ether oxygens (including phenoxy) is 1. The van der Waals surface area contributed by atoms with E-state index in [9.17, 15) is 14.5 Å². The van der Waals surface area contributed by atoms with Gasteiger partial charge in [-0.3, -0.25) is 9.59 Å². The van der Waals surface area contributed by atoms with Crippen LogP contribution in [0.25, 0.3) is 0 Å². The van der Waals surface area contributed by atoms with Gasteiger partial charge in [0.15, 0.2) is 0 Å². The van der Waals surface area contributed by atoms with Crippen LogP contribution in [0.5, 0.6) is 5.75 Å². The fourth-order valence-electron chi connectivity index (χ4n) is 2.33. The molecule has 0 saturated carbocycles. The maximum atomic E-state index is 12.4. The van der Waals surface area contributed by atoms with Gasteiger partial charge >= 0.3 is 0 Å². The first-order valence-electron chi connectivity index (χ1n) is 6.73. The van der Waals surface area contributed by atoms with Crippen molar-refractivity contribution in [1.29, 1.82) is 0 Å². The molecule has 1 aliphatic heterocycles. The highest BCUT2D eigenvalue weighted by atomic mass is 16.5. The van der Waals surface area contributed by atoms with E-state index in [1.807, 2.05) is 6.92 Å². The van der Waals surface area contributed by atoms with Crippen LogP contribution in [0.15, 0.2) is 29.6 Å². The minimum absolute atomic E-state index is 0.0311. The minimum Gasteiger partial charge on any atom is -0.497 e. The first-order valence-corrected chi connectivity index (χ1v) is 6.73. The lowest BCUT2D eigenvalue weighted by molar-refractivity contribution is -0.123. The van der Waals surface area contributed by atoms with Gasteiger partial charge in [-0.05, 0) is 30.7 Å². The van der Waals surface area contributed by atoms with Crippen molar-refractivity contribution in [2.45, 2.75) is 25.8 Å². The van der Waals surface area contributed by atoms with Crippen LogP contribution in [0.4, 0.5) is 5.69 Å². The van der Waals surface area contributed by atoms with Crippen molar-refractivity contribution in [1.82, 2.24) is 5.01 Å². The third kappa shape index (κ3) is 2.86. The molecule has 0 N–H and O–H groups in total. The van der Waals surface area contributed by atoms with Crippen LogP contribution in [0, 0.1) is 4.91 Å². The Kier molecular flexibility index (Phi) is 4.52. The number of nitroso groups, excluding NO2 is 1. The average molecular weight is 291 g/mol. The molecule has 1 unspecified atom stereocenters. The van der Waals surface area contributed by atoms with E-state index in [2.05, 4.69) is 5.29 Å². The first-order chi connectivity index (χ1) is 10.1. The summed E-state index contributed by atoms with van der Waals surface area (Å²) in [6.45, 7) is 2.23. The second-order valence-electron chi connectivity index (χ2n) is 4.73. The Hall–Kier alpha value is -2.44. The number of imide groups is 1. The summed E-state index contributed by atoms with van der Waals surface area (Å²) in [4.78, 5) is 36.4. The molecule has 1 aromatic rings. The van der Waals surface area contributed by atoms with E-state index in [0.717, 1.165) is 9.91 Å². The summed E-state index contributed by atoms with van der Waals surface area (Å²) in [6.07, 6.45) is 0.642. The number of methoxy groups -OCH3 is 1. The van der Waals surface area contributed by atoms with E-state index in [-0.39, 0.29) is 12.3 Å². The molecule has 0 bridgehead atoms. The molecule has 1 heterocycles. The Bertz CT molecular complexity index is 544. The van der Waals surface area contributed by atoms with Crippen LogP contribution in [0.3, 0.4) is 0 Å². The van der Waals surface area contributed by atoms with Crippen molar-refractivity contribution >= 4 is 17.5 Å². The monoisotopic (exact) mass is 291 g/mol. The molecule has 1 saturated heterocycles. The van der Waals surface area contributed by atoms with Gasteiger partial charge in [-0.25, -0.2) is 9.91 Å². The number of hydrogen-bond acceptors (Lipinski definition) is 5. The fourth-order valence-corrected chi connectivity index (χ4v) is 2.33. The largest absolute Gasteiger partial charge is 0.497 e. The summed E-state index contributed by atoms with van der Waals surface area (Å²) >= 11 is 0. The third-order valence-electron chi connectivity index (χ3n) is 3.37. The highest BCUT2D eigenvalue weighted by Crippen LogP contribution is 2.27. The minimum atomic E-state index is -0.808. The molecule has 0 spiro atoms. The molecular formula is C14H17N3O4. The maximum absolute atomic E-state index is 12.4. The number of hydrogen-bond donors (Lipinski definition) is 0. The van der Waals surface area contributed by atoms with E-state index in [0.29, 0.717) is 24.4 Å². The molecule has 7 heteroatoms. The average Bonchev–Trinajstić information content (AvgIpc) is 2.80. The van der Waals surface area contributed by atoms with Crippen LogP contribution in [-0.2, 0) is 9.59 Å². The molecule has 1 aliphatic rings. The number of benzene rings is 1. The molecule has 2 rings (SSSR count). The fraction of sp³-hybridized carbons (Fsp3) is 0.429. The van der Waals surface area contributed by atoms with Crippen LogP contribution < -0.4 is 9.64 Å². The smallest absolute Gasteiger partial charge is 0.258 e. The molecule has 2 amide bonds. The lowest BCUT2D eigenvalue weighted by Crippen LogP contribution is -2.39. The van der Waals surface area contributed by atoms with Crippen molar-refractivity contribution in [2.24, 2.45) is 5.29 Å². The van der Waals surface area contributed by atoms with E-state index >= 15 is 0 Å². The van der Waals surface area contributed by atoms with Crippen molar-refractivity contribution in [3.05, 3.63) is 29.2 Å². The summed E-state index contributed by atoms with van der Waals surface area (Å²) in [5, 5.41) is 4.01. The summed E-state index contributed by atoms with van der Waals surface area (Å²) in [5.41, 5.74) is 0.468. The van der Waals surface area contributed by atoms with Crippen LogP contribution in [0.2, 0.25) is 0 Å². The second kappa shape index (κ2) is 6.34. The molecule has 1 fully saturated rings. The quantitative estimate of drug-likeness (QED) is 0.453. The summed E-state index contributed by atoms with van der Waals surface area (Å²) in [5.74, 6) is -0.116. The predicted octanol–water partition coefficient (Wildman–Crippen LogP) is 1.72. The molecule has 21 heavy (non-hydrogen) atoms. The molecule has 0 aliphatic carbocycles. The van der Waals surface area contributed by atoms with E-state index < -0.39 is 11.9 Å². The van der Waals surface area contributed by atoms with Gasteiger partial charge in [-0.2, -0.15) is 0 Å². The summed E-state index contributed by atoms with van der Waals surface area (Å²) < 4.78 is 5.04. The standard InChI is InChI=1S/C14H17N3O4/c1-3-8-16(15-20)12-9-13(18)17(14(12)19)10-4-6-11(21-2)7-5-10/h4-7,12H,3,8-9H2,1-2H3. The Balaban J connectivity index is 2.22. The van der Waals surface area contributed by atoms with Gasteiger partial charge in [0.05, 0.1) is 24.5 Å². The summed E-state index contributed by atoms with van der Waals surface area (Å²) in [7, 11) is 1.54. The SMILES string of the molecule is CCCN(N=O)C1CC(=O)N(c2ccc(OC)cc2)C1=O. The van der Waals surface area contributed by atoms with Gasteiger partial charge in [0.1, 0.15) is 11.8 Å². The van der Waals surface area contributed by atoms with Gasteiger partial charge in [0.2, 0.25) is 5.91 Å². The van der Waals surface area contributed by atoms with Gasteiger partial charge < -0.3 is 4.74 Å². The van der Waals surface area contributed by atoms with Crippen LogP contribution in [-0.4, -0.2) is 36.5 Å². The lowest BCUT2D eigenvalue weighted by atomic mass is 10.2. The zero-order chi connectivity index (χ0) is 15.4. The summed E-state index contributed by atoms with van der Waals surface area (Å²) in [6, 6.07) is 5.80. The normalized spacial score (nSPS) is 18.0. The van der Waals surface area contributed by atoms with Gasteiger partial charge in [-0.15, -0.1) is 4.91 Å². The Labute approximate surface area is 122 Å². The zero-order valence-electron chi connectivity index (χ0n) is 12.0. The first kappa shape index (κ1) is 15.0. The third-order valence-corrected chi connectivity index (χ3v) is 3.37. The van der Waals surface area contributed by atoms with Crippen molar-refractivity contribution in [3.63, 3.8) is 0 Å². The molecule has 0 aromatic heterocycles.